The van der Waals surface area contributed by atoms with E-state index < -0.39 is 99.8 Å². The zero-order chi connectivity index (χ0) is 33.5. The van der Waals surface area contributed by atoms with Gasteiger partial charge in [-0.1, -0.05) is 81.4 Å². The van der Waals surface area contributed by atoms with Crippen LogP contribution in [0.5, 0.6) is 0 Å². The normalized spacial score (nSPS) is 47.2. The molecule has 12 nitrogen and oxygen atoms in total. The number of fused-ring (bicyclic) bond motifs is 1. The maximum absolute atomic E-state index is 14.4. The zero-order valence-electron chi connectivity index (χ0n) is 26.6. The molecule has 12 heteroatoms. The SMILES string of the molecule is CC(=O)O[C@H]1[C@H]2OC(=O)[C@@]34OC5O[C@@](O)(c6ccccc6)[C@H](OCc6ccccc6)[C@]5([C@@H]1C(C)(C)C)[C@@]23[C@@H](O)[C@@H]1OC(=O)[C@@H](C)[C@@]14O. The molecular weight excluding hydrogens is 612 g/mol. The van der Waals surface area contributed by atoms with Crippen molar-refractivity contribution < 1.29 is 58.1 Å². The average molecular weight is 651 g/mol. The standard InChI is InChI=1S/C35H38O12/c1-17-26(38)44-25-23(37)32-24-21(43-18(2)36)22(30(3,4)5)31(32)27(42-16-19-12-8-6-9-13-19)34(41,20-14-10-7-11-15-20)46-29(31)47-35(32,28(39)45-24)33(17,25)40/h6-15,17,21-25,27,29,37,40-41H,16H2,1-5H3/t17-,21-,22+,23+,24-,25+,27-,29?,31+,32-,33-,34+,35-/m1/s1. The number of carbonyl (C=O) groups is 3. The van der Waals surface area contributed by atoms with E-state index in [1.165, 1.54) is 13.8 Å². The monoisotopic (exact) mass is 650 g/mol. The molecular formula is C35H38O12. The summed E-state index contributed by atoms with van der Waals surface area (Å²) in [5.74, 6) is -7.01. The van der Waals surface area contributed by atoms with Crippen molar-refractivity contribution in [1.29, 1.82) is 0 Å². The van der Waals surface area contributed by atoms with E-state index >= 15 is 0 Å². The van der Waals surface area contributed by atoms with Crippen LogP contribution < -0.4 is 0 Å². The highest BCUT2D eigenvalue weighted by Gasteiger charge is 3.06. The van der Waals surface area contributed by atoms with Gasteiger partial charge in [-0.05, 0) is 17.9 Å². The molecule has 0 bridgehead atoms. The lowest BCUT2D eigenvalue weighted by Crippen LogP contribution is -2.68. The molecule has 6 fully saturated rings. The molecule has 1 unspecified atom stereocenters. The molecule has 0 aromatic heterocycles. The summed E-state index contributed by atoms with van der Waals surface area (Å²) in [5, 5.41) is 38.1. The minimum atomic E-state index is -2.43. The molecule has 4 heterocycles. The lowest BCUT2D eigenvalue weighted by Gasteiger charge is -2.50. The predicted octanol–water partition coefficient (Wildman–Crippen LogP) is 1.72. The number of hydrogen-bond acceptors (Lipinski definition) is 12. The van der Waals surface area contributed by atoms with E-state index in [9.17, 15) is 29.7 Å². The second-order valence-corrected chi connectivity index (χ2v) is 14.9. The van der Waals surface area contributed by atoms with E-state index in [1.807, 2.05) is 51.1 Å². The van der Waals surface area contributed by atoms with Crippen molar-refractivity contribution in [3.8, 4) is 0 Å². The van der Waals surface area contributed by atoms with Gasteiger partial charge in [0.05, 0.1) is 23.4 Å². The Labute approximate surface area is 270 Å². The van der Waals surface area contributed by atoms with Gasteiger partial charge in [0, 0.05) is 18.4 Å². The molecule has 250 valence electrons. The number of benzene rings is 2. The Balaban J connectivity index is 1.46. The van der Waals surface area contributed by atoms with Gasteiger partial charge in [0.15, 0.2) is 24.1 Å². The molecule has 3 N–H and O–H groups in total. The van der Waals surface area contributed by atoms with Crippen LogP contribution in [-0.4, -0.2) is 81.2 Å². The molecule has 2 aromatic carbocycles. The largest absolute Gasteiger partial charge is 0.458 e. The van der Waals surface area contributed by atoms with Crippen molar-refractivity contribution in [2.45, 2.75) is 95.0 Å². The Morgan fingerprint density at radius 3 is 2.19 bits per heavy atom. The summed E-state index contributed by atoms with van der Waals surface area (Å²) in [6.45, 7) is 8.28. The van der Waals surface area contributed by atoms with Crippen LogP contribution in [0.15, 0.2) is 60.7 Å². The molecule has 0 amide bonds. The van der Waals surface area contributed by atoms with Crippen molar-refractivity contribution in [3.63, 3.8) is 0 Å². The van der Waals surface area contributed by atoms with Gasteiger partial charge in [0.2, 0.25) is 11.4 Å². The maximum Gasteiger partial charge on any atom is 0.343 e. The smallest absolute Gasteiger partial charge is 0.343 e. The van der Waals surface area contributed by atoms with Crippen LogP contribution in [0.2, 0.25) is 0 Å². The van der Waals surface area contributed by atoms with E-state index in [-0.39, 0.29) is 6.61 Å². The summed E-state index contributed by atoms with van der Waals surface area (Å²) in [4.78, 5) is 40.3. The van der Waals surface area contributed by atoms with Gasteiger partial charge >= 0.3 is 17.9 Å². The molecule has 4 aliphatic heterocycles. The Morgan fingerprint density at radius 1 is 0.936 bits per heavy atom. The van der Waals surface area contributed by atoms with E-state index in [2.05, 4.69) is 0 Å². The van der Waals surface area contributed by atoms with Crippen LogP contribution in [0.3, 0.4) is 0 Å². The molecule has 2 saturated carbocycles. The van der Waals surface area contributed by atoms with Crippen molar-refractivity contribution in [1.82, 2.24) is 0 Å². The Morgan fingerprint density at radius 2 is 1.57 bits per heavy atom. The molecule has 6 aliphatic rings. The third kappa shape index (κ3) is 3.18. The summed E-state index contributed by atoms with van der Waals surface area (Å²) in [7, 11) is 0. The Hall–Kier alpha value is -3.39. The topological polar surface area (TPSA) is 167 Å². The van der Waals surface area contributed by atoms with Gasteiger partial charge < -0.3 is 43.7 Å². The van der Waals surface area contributed by atoms with Gasteiger partial charge in [-0.2, -0.15) is 0 Å². The van der Waals surface area contributed by atoms with Crippen LogP contribution in [0, 0.1) is 28.1 Å². The highest BCUT2D eigenvalue weighted by atomic mass is 16.8. The van der Waals surface area contributed by atoms with Crippen molar-refractivity contribution in [3.05, 3.63) is 71.8 Å². The quantitative estimate of drug-likeness (QED) is 0.317. The van der Waals surface area contributed by atoms with Crippen molar-refractivity contribution in [2.24, 2.45) is 28.1 Å². The summed E-state index contributed by atoms with van der Waals surface area (Å²) in [6.07, 6.45) is -9.00. The molecule has 47 heavy (non-hydrogen) atoms. The Bertz CT molecular complexity index is 1660. The van der Waals surface area contributed by atoms with Crippen molar-refractivity contribution in [2.75, 3.05) is 0 Å². The fourth-order valence-corrected chi connectivity index (χ4v) is 10.6. The first-order valence-electron chi connectivity index (χ1n) is 15.9. The molecule has 8 rings (SSSR count). The lowest BCUT2D eigenvalue weighted by atomic mass is 9.50. The fraction of sp³-hybridized carbons (Fsp3) is 0.571. The third-order valence-corrected chi connectivity index (χ3v) is 11.9. The first-order valence-corrected chi connectivity index (χ1v) is 15.9. The zero-order valence-corrected chi connectivity index (χ0v) is 26.6. The minimum Gasteiger partial charge on any atom is -0.458 e. The number of aliphatic hydroxyl groups is 3. The number of ether oxygens (including phenoxy) is 6. The molecule has 13 atom stereocenters. The summed E-state index contributed by atoms with van der Waals surface area (Å²) in [5.41, 5.74) is -8.38. The number of rotatable bonds is 5. The molecule has 2 aromatic rings. The van der Waals surface area contributed by atoms with Gasteiger partial charge in [0.1, 0.15) is 18.3 Å². The lowest BCUT2D eigenvalue weighted by molar-refractivity contribution is -0.311. The molecule has 2 spiro atoms. The first kappa shape index (κ1) is 30.9. The number of esters is 3. The Kier molecular flexibility index (Phi) is 6.18. The molecule has 0 radical (unpaired) electrons. The first-order chi connectivity index (χ1) is 22.1. The van der Waals surface area contributed by atoms with E-state index in [0.29, 0.717) is 5.56 Å². The van der Waals surface area contributed by atoms with Crippen molar-refractivity contribution >= 4 is 17.9 Å². The van der Waals surface area contributed by atoms with Gasteiger partial charge in [-0.3, -0.25) is 9.59 Å². The minimum absolute atomic E-state index is 0.0364. The maximum atomic E-state index is 14.4. The van der Waals surface area contributed by atoms with E-state index in [0.717, 1.165) is 5.56 Å². The van der Waals surface area contributed by atoms with Gasteiger partial charge in [-0.25, -0.2) is 4.79 Å². The summed E-state index contributed by atoms with van der Waals surface area (Å²) >= 11 is 0. The molecule has 2 aliphatic carbocycles. The highest BCUT2D eigenvalue weighted by molar-refractivity contribution is 5.93. The average Bonchev–Trinajstić information content (AvgIpc) is 3.72. The predicted molar refractivity (Wildman–Crippen MR) is 157 cm³/mol. The van der Waals surface area contributed by atoms with Crippen LogP contribution in [-0.2, 0) is 55.2 Å². The fourth-order valence-electron chi connectivity index (χ4n) is 10.6. The van der Waals surface area contributed by atoms with Crippen LogP contribution >= 0.6 is 0 Å². The highest BCUT2D eigenvalue weighted by Crippen LogP contribution is 2.86. The van der Waals surface area contributed by atoms with E-state index in [1.54, 1.807) is 30.3 Å². The third-order valence-electron chi connectivity index (χ3n) is 11.9. The van der Waals surface area contributed by atoms with E-state index in [4.69, 9.17) is 28.4 Å². The summed E-state index contributed by atoms with van der Waals surface area (Å²) in [6, 6.07) is 17.8. The second kappa shape index (κ2) is 9.40. The van der Waals surface area contributed by atoms with Crippen LogP contribution in [0.4, 0.5) is 0 Å². The van der Waals surface area contributed by atoms with Crippen LogP contribution in [0.1, 0.15) is 45.7 Å². The summed E-state index contributed by atoms with van der Waals surface area (Å²) < 4.78 is 37.9. The second-order valence-electron chi connectivity index (χ2n) is 14.9. The number of carbonyl (C=O) groups excluding carboxylic acids is 3. The molecule has 4 saturated heterocycles. The van der Waals surface area contributed by atoms with Gasteiger partial charge in [0.25, 0.3) is 0 Å². The number of aliphatic hydroxyl groups excluding tert-OH is 1. The number of hydrogen-bond donors (Lipinski definition) is 3. The van der Waals surface area contributed by atoms with Gasteiger partial charge in [-0.15, -0.1) is 0 Å². The van der Waals surface area contributed by atoms with Crippen LogP contribution in [0.25, 0.3) is 0 Å².